The average Bonchev–Trinajstić information content (AvgIpc) is 2.32. The van der Waals surface area contributed by atoms with Crippen molar-refractivity contribution in [3.05, 3.63) is 0 Å². The molecule has 2 aliphatic heterocycles. The van der Waals surface area contributed by atoms with Gasteiger partial charge in [0.15, 0.2) is 0 Å². The van der Waals surface area contributed by atoms with E-state index in [1.54, 1.807) is 0 Å². The monoisotopic (exact) mass is 241 g/mol. The van der Waals surface area contributed by atoms with Crippen LogP contribution in [0.25, 0.3) is 0 Å². The molecule has 0 aromatic heterocycles. The van der Waals surface area contributed by atoms with Crippen LogP contribution < -0.4 is 5.32 Å². The molecule has 0 unspecified atom stereocenters. The number of carboxylic acid groups (broad SMARTS) is 1. The minimum atomic E-state index is -0.977. The van der Waals surface area contributed by atoms with Crippen molar-refractivity contribution in [2.75, 3.05) is 32.8 Å². The van der Waals surface area contributed by atoms with Crippen molar-refractivity contribution in [2.24, 2.45) is 10.9 Å². The topological polar surface area (TPSA) is 91.2 Å². The highest BCUT2D eigenvalue weighted by Crippen LogP contribution is 2.10. The predicted molar refractivity (Wildman–Crippen MR) is 58.6 cm³/mol. The van der Waals surface area contributed by atoms with E-state index in [2.05, 4.69) is 10.3 Å². The molecule has 7 heteroatoms. The molecule has 0 bridgehead atoms. The van der Waals surface area contributed by atoms with Gasteiger partial charge in [0, 0.05) is 13.1 Å². The van der Waals surface area contributed by atoms with E-state index in [0.717, 1.165) is 0 Å². The summed E-state index contributed by atoms with van der Waals surface area (Å²) in [7, 11) is 0. The van der Waals surface area contributed by atoms with Gasteiger partial charge in [-0.05, 0) is 0 Å². The Morgan fingerprint density at radius 2 is 2.24 bits per heavy atom. The molecule has 0 radical (unpaired) electrons. The third kappa shape index (κ3) is 2.94. The molecule has 0 spiro atoms. The van der Waals surface area contributed by atoms with Gasteiger partial charge >= 0.3 is 5.97 Å². The summed E-state index contributed by atoms with van der Waals surface area (Å²) in [6.07, 6.45) is -0.175. The highest BCUT2D eigenvalue weighted by atomic mass is 16.5. The Hall–Kier alpha value is -1.63. The van der Waals surface area contributed by atoms with Crippen LogP contribution in [0.2, 0.25) is 0 Å². The Morgan fingerprint density at radius 1 is 1.53 bits per heavy atom. The van der Waals surface area contributed by atoms with Crippen LogP contribution in [0.5, 0.6) is 0 Å². The Labute approximate surface area is 98.4 Å². The number of nitrogens with one attached hydrogen (secondary N) is 1. The summed E-state index contributed by atoms with van der Waals surface area (Å²) in [6.45, 7) is 2.87. The Balaban J connectivity index is 1.96. The molecule has 94 valence electrons. The first-order valence-electron chi connectivity index (χ1n) is 5.56. The van der Waals surface area contributed by atoms with Gasteiger partial charge in [-0.3, -0.25) is 19.9 Å². The van der Waals surface area contributed by atoms with Gasteiger partial charge < -0.3 is 14.7 Å². The molecule has 2 aliphatic rings. The number of morpholine rings is 1. The second-order valence-corrected chi connectivity index (χ2v) is 4.05. The van der Waals surface area contributed by atoms with Gasteiger partial charge in [-0.2, -0.15) is 0 Å². The van der Waals surface area contributed by atoms with Crippen molar-refractivity contribution < 1.29 is 19.4 Å². The molecule has 2 heterocycles. The number of carboxylic acids is 1. The van der Waals surface area contributed by atoms with Gasteiger partial charge in [0.25, 0.3) is 0 Å². The molecule has 0 aliphatic carbocycles. The van der Waals surface area contributed by atoms with E-state index in [-0.39, 0.29) is 18.9 Å². The van der Waals surface area contributed by atoms with Crippen molar-refractivity contribution >= 4 is 17.8 Å². The molecule has 1 amide bonds. The Kier molecular flexibility index (Phi) is 3.58. The number of carbonyl (C=O) groups excluding carboxylic acids is 1. The summed E-state index contributed by atoms with van der Waals surface area (Å²) >= 11 is 0. The molecule has 1 fully saturated rings. The normalized spacial score (nSPS) is 25.2. The molecule has 17 heavy (non-hydrogen) atoms. The van der Waals surface area contributed by atoms with Crippen molar-refractivity contribution in [3.8, 4) is 0 Å². The highest BCUT2D eigenvalue weighted by molar-refractivity contribution is 6.00. The fraction of sp³-hybridized carbons (Fsp3) is 0.700. The third-order valence-electron chi connectivity index (χ3n) is 2.80. The second kappa shape index (κ2) is 5.13. The van der Waals surface area contributed by atoms with Gasteiger partial charge in [-0.1, -0.05) is 0 Å². The van der Waals surface area contributed by atoms with E-state index >= 15 is 0 Å². The SMILES string of the molecule is O=C(O)C[C@@H]1CN=C(N2CCOCC2)NC1=O. The number of hydrogen-bond acceptors (Lipinski definition) is 5. The van der Waals surface area contributed by atoms with Gasteiger partial charge in [-0.15, -0.1) is 0 Å². The minimum absolute atomic E-state index is 0.175. The average molecular weight is 241 g/mol. The molecule has 1 saturated heterocycles. The molecule has 2 rings (SSSR count). The first kappa shape index (κ1) is 11.8. The summed E-state index contributed by atoms with van der Waals surface area (Å²) < 4.78 is 5.20. The lowest BCUT2D eigenvalue weighted by Gasteiger charge is -2.32. The van der Waals surface area contributed by atoms with Crippen LogP contribution in [0.15, 0.2) is 4.99 Å². The van der Waals surface area contributed by atoms with Crippen LogP contribution in [0.3, 0.4) is 0 Å². The molecule has 0 aromatic carbocycles. The summed E-state index contributed by atoms with van der Waals surface area (Å²) in [5.74, 6) is -1.25. The Bertz CT molecular complexity index is 349. The molecule has 0 aromatic rings. The zero-order chi connectivity index (χ0) is 12.3. The number of aliphatic imine (C=N–C) groups is 1. The number of aliphatic carboxylic acids is 1. The van der Waals surface area contributed by atoms with Crippen LogP contribution in [0, 0.1) is 5.92 Å². The number of amides is 1. The van der Waals surface area contributed by atoms with E-state index < -0.39 is 11.9 Å². The second-order valence-electron chi connectivity index (χ2n) is 4.05. The fourth-order valence-corrected chi connectivity index (χ4v) is 1.85. The van der Waals surface area contributed by atoms with Gasteiger partial charge in [0.1, 0.15) is 0 Å². The lowest BCUT2D eigenvalue weighted by atomic mass is 10.0. The summed E-state index contributed by atoms with van der Waals surface area (Å²) in [4.78, 5) is 28.4. The minimum Gasteiger partial charge on any atom is -0.481 e. The molecule has 2 N–H and O–H groups in total. The zero-order valence-corrected chi connectivity index (χ0v) is 9.39. The maximum absolute atomic E-state index is 11.7. The number of rotatable bonds is 2. The number of ether oxygens (including phenoxy) is 1. The van der Waals surface area contributed by atoms with Gasteiger partial charge in [-0.25, -0.2) is 0 Å². The largest absolute Gasteiger partial charge is 0.481 e. The molecule has 7 nitrogen and oxygen atoms in total. The van der Waals surface area contributed by atoms with Gasteiger partial charge in [0.2, 0.25) is 11.9 Å². The van der Waals surface area contributed by atoms with Crippen LogP contribution in [-0.2, 0) is 14.3 Å². The van der Waals surface area contributed by atoms with Crippen LogP contribution in [0.4, 0.5) is 0 Å². The van der Waals surface area contributed by atoms with E-state index in [1.165, 1.54) is 0 Å². The number of hydrogen-bond donors (Lipinski definition) is 2. The smallest absolute Gasteiger partial charge is 0.304 e. The van der Waals surface area contributed by atoms with Gasteiger partial charge in [0.05, 0.1) is 32.1 Å². The Morgan fingerprint density at radius 3 is 2.82 bits per heavy atom. The first-order chi connectivity index (χ1) is 8.16. The summed E-state index contributed by atoms with van der Waals surface area (Å²) in [6, 6.07) is 0. The van der Waals surface area contributed by atoms with Crippen molar-refractivity contribution in [3.63, 3.8) is 0 Å². The number of guanidine groups is 1. The summed E-state index contributed by atoms with van der Waals surface area (Å²) in [5.41, 5.74) is 0. The van der Waals surface area contributed by atoms with E-state index in [9.17, 15) is 9.59 Å². The van der Waals surface area contributed by atoms with Crippen molar-refractivity contribution in [1.82, 2.24) is 10.2 Å². The van der Waals surface area contributed by atoms with Crippen molar-refractivity contribution in [1.29, 1.82) is 0 Å². The molecular weight excluding hydrogens is 226 g/mol. The fourth-order valence-electron chi connectivity index (χ4n) is 1.85. The maximum atomic E-state index is 11.7. The van der Waals surface area contributed by atoms with Crippen LogP contribution in [-0.4, -0.2) is 60.7 Å². The predicted octanol–water partition coefficient (Wildman–Crippen LogP) is -1.10. The van der Waals surface area contributed by atoms with E-state index in [1.807, 2.05) is 4.90 Å². The van der Waals surface area contributed by atoms with E-state index in [0.29, 0.717) is 32.3 Å². The standard InChI is InChI=1S/C10H15N3O4/c14-8(15)5-7-6-11-10(12-9(7)16)13-1-3-17-4-2-13/h7H,1-6H2,(H,14,15)(H,11,12,16)/t7-/m1/s1. The quantitative estimate of drug-likeness (QED) is 0.640. The molecular formula is C10H15N3O4. The zero-order valence-electron chi connectivity index (χ0n) is 9.39. The van der Waals surface area contributed by atoms with Crippen molar-refractivity contribution in [2.45, 2.75) is 6.42 Å². The first-order valence-corrected chi connectivity index (χ1v) is 5.56. The number of carbonyl (C=O) groups is 2. The summed E-state index contributed by atoms with van der Waals surface area (Å²) in [5, 5.41) is 11.3. The van der Waals surface area contributed by atoms with E-state index in [4.69, 9.17) is 9.84 Å². The molecule has 1 atom stereocenters. The molecule has 0 saturated carbocycles. The lowest BCUT2D eigenvalue weighted by Crippen LogP contribution is -2.53. The number of nitrogens with zero attached hydrogens (tertiary/aromatic N) is 2. The van der Waals surface area contributed by atoms with Crippen LogP contribution in [0.1, 0.15) is 6.42 Å². The van der Waals surface area contributed by atoms with Crippen LogP contribution >= 0.6 is 0 Å². The third-order valence-corrected chi connectivity index (χ3v) is 2.80. The lowest BCUT2D eigenvalue weighted by molar-refractivity contribution is -0.140. The highest BCUT2D eigenvalue weighted by Gasteiger charge is 2.28. The maximum Gasteiger partial charge on any atom is 0.304 e.